The van der Waals surface area contributed by atoms with E-state index in [9.17, 15) is 0 Å². The van der Waals surface area contributed by atoms with E-state index in [2.05, 4.69) is 41.2 Å². The third kappa shape index (κ3) is 1.96. The van der Waals surface area contributed by atoms with Crippen molar-refractivity contribution in [1.29, 1.82) is 0 Å². The van der Waals surface area contributed by atoms with E-state index in [-0.39, 0.29) is 5.41 Å². The first-order valence-corrected chi connectivity index (χ1v) is 4.11. The second-order valence-corrected chi connectivity index (χ2v) is 3.74. The average molecular weight is 166 g/mol. The number of hydrogen-bond donors (Lipinski definition) is 0. The van der Waals surface area contributed by atoms with E-state index in [0.717, 1.165) is 18.1 Å². The van der Waals surface area contributed by atoms with Crippen LogP contribution in [0.1, 0.15) is 39.3 Å². The summed E-state index contributed by atoms with van der Waals surface area (Å²) in [7, 11) is 0. The van der Waals surface area contributed by atoms with Crippen molar-refractivity contribution in [2.75, 3.05) is 0 Å². The first-order valence-electron chi connectivity index (χ1n) is 4.11. The molecule has 0 radical (unpaired) electrons. The van der Waals surface area contributed by atoms with E-state index in [0.29, 0.717) is 0 Å². The molecule has 0 spiro atoms. The van der Waals surface area contributed by atoms with Crippen LogP contribution in [-0.2, 0) is 11.8 Å². The van der Waals surface area contributed by atoms with Crippen LogP contribution in [0, 0.1) is 0 Å². The van der Waals surface area contributed by atoms with Crippen molar-refractivity contribution in [2.24, 2.45) is 0 Å². The van der Waals surface area contributed by atoms with Gasteiger partial charge < -0.3 is 0 Å². The lowest BCUT2D eigenvalue weighted by atomic mass is 9.96. The highest BCUT2D eigenvalue weighted by atomic mass is 15.3. The first-order chi connectivity index (χ1) is 5.54. The molecular formula is C8H14N4. The second-order valence-electron chi connectivity index (χ2n) is 3.74. The summed E-state index contributed by atoms with van der Waals surface area (Å²) >= 11 is 0. The zero-order chi connectivity index (χ0) is 9.19. The number of nitrogens with zero attached hydrogens (tertiary/aromatic N) is 4. The summed E-state index contributed by atoms with van der Waals surface area (Å²) in [5.74, 6) is 1.52. The van der Waals surface area contributed by atoms with Crippen molar-refractivity contribution >= 4 is 0 Å². The van der Waals surface area contributed by atoms with Crippen LogP contribution >= 0.6 is 0 Å². The minimum Gasteiger partial charge on any atom is -0.214 e. The summed E-state index contributed by atoms with van der Waals surface area (Å²) < 4.78 is 0. The lowest BCUT2D eigenvalue weighted by Crippen LogP contribution is -2.18. The van der Waals surface area contributed by atoms with Crippen LogP contribution in [0.3, 0.4) is 0 Å². The van der Waals surface area contributed by atoms with Gasteiger partial charge in [-0.3, -0.25) is 0 Å². The van der Waals surface area contributed by atoms with E-state index in [1.165, 1.54) is 0 Å². The molecule has 0 bridgehead atoms. The van der Waals surface area contributed by atoms with Crippen molar-refractivity contribution in [2.45, 2.75) is 39.5 Å². The predicted molar refractivity (Wildman–Crippen MR) is 45.7 cm³/mol. The van der Waals surface area contributed by atoms with Crippen LogP contribution in [0.25, 0.3) is 0 Å². The second kappa shape index (κ2) is 3.13. The van der Waals surface area contributed by atoms with Crippen LogP contribution in [0.4, 0.5) is 0 Å². The van der Waals surface area contributed by atoms with Crippen molar-refractivity contribution in [1.82, 2.24) is 20.4 Å². The van der Waals surface area contributed by atoms with Crippen LogP contribution < -0.4 is 0 Å². The zero-order valence-corrected chi connectivity index (χ0v) is 8.00. The molecule has 0 aliphatic carbocycles. The van der Waals surface area contributed by atoms with Gasteiger partial charge in [-0.25, -0.2) is 4.98 Å². The van der Waals surface area contributed by atoms with Gasteiger partial charge in [-0.2, -0.15) is 0 Å². The molecule has 1 aromatic rings. The Morgan fingerprint density at radius 1 is 1.17 bits per heavy atom. The highest BCUT2D eigenvalue weighted by molar-refractivity contribution is 4.99. The molecule has 0 saturated heterocycles. The largest absolute Gasteiger partial charge is 0.214 e. The van der Waals surface area contributed by atoms with Crippen molar-refractivity contribution in [3.63, 3.8) is 0 Å². The van der Waals surface area contributed by atoms with Crippen LogP contribution in [0.15, 0.2) is 0 Å². The fourth-order valence-corrected chi connectivity index (χ4v) is 0.751. The van der Waals surface area contributed by atoms with Crippen molar-refractivity contribution in [3.05, 3.63) is 11.6 Å². The van der Waals surface area contributed by atoms with Crippen LogP contribution in [0.5, 0.6) is 0 Å². The van der Waals surface area contributed by atoms with Crippen LogP contribution in [-0.4, -0.2) is 20.4 Å². The number of hydrogen-bond acceptors (Lipinski definition) is 4. The maximum absolute atomic E-state index is 4.28. The van der Waals surface area contributed by atoms with Gasteiger partial charge in [-0.15, -0.1) is 10.2 Å². The lowest BCUT2D eigenvalue weighted by Gasteiger charge is -2.14. The molecule has 4 heteroatoms. The number of aryl methyl sites for hydroxylation is 1. The molecule has 1 heterocycles. The van der Waals surface area contributed by atoms with Gasteiger partial charge in [0, 0.05) is 11.8 Å². The van der Waals surface area contributed by atoms with E-state index in [4.69, 9.17) is 0 Å². The highest BCUT2D eigenvalue weighted by Crippen LogP contribution is 2.16. The number of aromatic nitrogens is 4. The van der Waals surface area contributed by atoms with E-state index in [1.54, 1.807) is 0 Å². The van der Waals surface area contributed by atoms with Gasteiger partial charge >= 0.3 is 0 Å². The normalized spacial score (nSPS) is 11.7. The molecule has 0 atom stereocenters. The Kier molecular flexibility index (Phi) is 2.35. The van der Waals surface area contributed by atoms with Gasteiger partial charge in [0.1, 0.15) is 0 Å². The summed E-state index contributed by atoms with van der Waals surface area (Å²) in [4.78, 5) is 4.28. The van der Waals surface area contributed by atoms with Gasteiger partial charge in [0.25, 0.3) is 0 Å². The zero-order valence-electron chi connectivity index (χ0n) is 8.00. The topological polar surface area (TPSA) is 51.6 Å². The molecule has 0 aliphatic heterocycles. The smallest absolute Gasteiger partial charge is 0.160 e. The quantitative estimate of drug-likeness (QED) is 0.627. The molecule has 1 aromatic heterocycles. The molecule has 4 nitrogen and oxygen atoms in total. The maximum atomic E-state index is 4.28. The summed E-state index contributed by atoms with van der Waals surface area (Å²) in [5, 5.41) is 11.3. The Morgan fingerprint density at radius 3 is 2.33 bits per heavy atom. The van der Waals surface area contributed by atoms with Gasteiger partial charge in [-0.05, 0) is 5.21 Å². The molecule has 66 valence electrons. The molecule has 0 fully saturated rings. The van der Waals surface area contributed by atoms with E-state index >= 15 is 0 Å². The fourth-order valence-electron chi connectivity index (χ4n) is 0.751. The molecule has 0 aliphatic rings. The van der Waals surface area contributed by atoms with Crippen LogP contribution in [0.2, 0.25) is 0 Å². The molecule has 12 heavy (non-hydrogen) atoms. The lowest BCUT2D eigenvalue weighted by molar-refractivity contribution is 0.514. The third-order valence-electron chi connectivity index (χ3n) is 1.52. The van der Waals surface area contributed by atoms with Gasteiger partial charge in [0.15, 0.2) is 11.6 Å². The predicted octanol–water partition coefficient (Wildman–Crippen LogP) is 1.13. The molecule has 0 aromatic carbocycles. The van der Waals surface area contributed by atoms with Gasteiger partial charge in [0.2, 0.25) is 0 Å². The molecule has 0 saturated carbocycles. The number of rotatable bonds is 1. The minimum absolute atomic E-state index is 0.0418. The molecule has 0 unspecified atom stereocenters. The summed E-state index contributed by atoms with van der Waals surface area (Å²) in [6, 6.07) is 0. The Balaban J connectivity index is 3.02. The first kappa shape index (κ1) is 9.03. The molecular weight excluding hydrogens is 152 g/mol. The monoisotopic (exact) mass is 166 g/mol. The SMILES string of the molecule is CCc1nnnc(C(C)(C)C)n1. The average Bonchev–Trinajstić information content (AvgIpc) is 2.03. The van der Waals surface area contributed by atoms with E-state index in [1.807, 2.05) is 6.92 Å². The summed E-state index contributed by atoms with van der Waals surface area (Å²) in [6.07, 6.45) is 0.804. The standard InChI is InChI=1S/C8H14N4/c1-5-6-9-7(8(2,3)4)11-12-10-6/h5H2,1-4H3. The fraction of sp³-hybridized carbons (Fsp3) is 0.750. The Morgan fingerprint density at radius 2 is 1.83 bits per heavy atom. The Hall–Kier alpha value is -1.06. The maximum Gasteiger partial charge on any atom is 0.160 e. The third-order valence-corrected chi connectivity index (χ3v) is 1.52. The molecule has 1 rings (SSSR count). The van der Waals surface area contributed by atoms with Crippen molar-refractivity contribution < 1.29 is 0 Å². The molecule has 0 N–H and O–H groups in total. The van der Waals surface area contributed by atoms with Crippen molar-refractivity contribution in [3.8, 4) is 0 Å². The minimum atomic E-state index is -0.0418. The summed E-state index contributed by atoms with van der Waals surface area (Å²) in [6.45, 7) is 8.18. The van der Waals surface area contributed by atoms with E-state index < -0.39 is 0 Å². The van der Waals surface area contributed by atoms with Gasteiger partial charge in [0.05, 0.1) is 0 Å². The Labute approximate surface area is 72.4 Å². The molecule has 0 amide bonds. The highest BCUT2D eigenvalue weighted by Gasteiger charge is 2.18. The Bertz CT molecular complexity index is 264. The summed E-state index contributed by atoms with van der Waals surface area (Å²) in [5.41, 5.74) is -0.0418. The van der Waals surface area contributed by atoms with Gasteiger partial charge in [-0.1, -0.05) is 27.7 Å².